The molecule has 2 aliphatic heterocycles. The SMILES string of the molecule is O=C(CCCN1C(=O)c2ccccc2C1=O)N1CCN(c2nccs2)CC1. The Labute approximate surface area is 161 Å². The molecule has 1 aromatic heterocycles. The van der Waals surface area contributed by atoms with Crippen LogP contribution in [0.2, 0.25) is 0 Å². The number of thiazole rings is 1. The van der Waals surface area contributed by atoms with E-state index in [0.717, 1.165) is 18.2 Å². The summed E-state index contributed by atoms with van der Waals surface area (Å²) in [6.07, 6.45) is 2.61. The van der Waals surface area contributed by atoms with E-state index in [1.54, 1.807) is 41.8 Å². The summed E-state index contributed by atoms with van der Waals surface area (Å²) in [6.45, 7) is 3.17. The zero-order valence-electron chi connectivity index (χ0n) is 14.8. The number of amides is 3. The Hall–Kier alpha value is -2.74. The highest BCUT2D eigenvalue weighted by molar-refractivity contribution is 7.13. The maximum absolute atomic E-state index is 12.5. The molecule has 0 spiro atoms. The molecule has 2 aliphatic rings. The summed E-state index contributed by atoms with van der Waals surface area (Å²) in [4.78, 5) is 46.7. The number of hydrogen-bond donors (Lipinski definition) is 0. The maximum atomic E-state index is 12.5. The molecule has 0 bridgehead atoms. The summed E-state index contributed by atoms with van der Waals surface area (Å²) in [6, 6.07) is 6.84. The number of imide groups is 1. The molecule has 1 fully saturated rings. The smallest absolute Gasteiger partial charge is 0.261 e. The molecule has 2 aromatic rings. The Balaban J connectivity index is 1.25. The van der Waals surface area contributed by atoms with Crippen LogP contribution in [-0.4, -0.2) is 65.2 Å². The summed E-state index contributed by atoms with van der Waals surface area (Å²) in [5.74, 6) is -0.453. The molecule has 0 radical (unpaired) electrons. The molecule has 8 heteroatoms. The summed E-state index contributed by atoms with van der Waals surface area (Å²) in [7, 11) is 0. The zero-order chi connectivity index (χ0) is 18.8. The number of carbonyl (C=O) groups excluding carboxylic acids is 3. The number of benzene rings is 1. The van der Waals surface area contributed by atoms with Gasteiger partial charge in [0.1, 0.15) is 0 Å². The molecule has 0 aliphatic carbocycles. The van der Waals surface area contributed by atoms with E-state index in [0.29, 0.717) is 37.1 Å². The van der Waals surface area contributed by atoms with Gasteiger partial charge in [-0.3, -0.25) is 19.3 Å². The van der Waals surface area contributed by atoms with Crippen molar-refractivity contribution in [3.8, 4) is 0 Å². The monoisotopic (exact) mass is 384 g/mol. The lowest BCUT2D eigenvalue weighted by atomic mass is 10.1. The predicted molar refractivity (Wildman–Crippen MR) is 102 cm³/mol. The molecule has 3 amide bonds. The Kier molecular flexibility index (Phi) is 4.89. The minimum atomic E-state index is -0.264. The van der Waals surface area contributed by atoms with E-state index < -0.39 is 0 Å². The quantitative estimate of drug-likeness (QED) is 0.736. The van der Waals surface area contributed by atoms with Gasteiger partial charge in [-0.05, 0) is 18.6 Å². The number of carbonyl (C=O) groups is 3. The number of fused-ring (bicyclic) bond motifs is 1. The van der Waals surface area contributed by atoms with Crippen molar-refractivity contribution in [1.29, 1.82) is 0 Å². The van der Waals surface area contributed by atoms with Crippen molar-refractivity contribution in [2.45, 2.75) is 12.8 Å². The first-order chi connectivity index (χ1) is 13.1. The van der Waals surface area contributed by atoms with Crippen LogP contribution in [0.5, 0.6) is 0 Å². The van der Waals surface area contributed by atoms with Crippen LogP contribution in [0.1, 0.15) is 33.6 Å². The van der Waals surface area contributed by atoms with Gasteiger partial charge in [-0.25, -0.2) is 4.98 Å². The molecular formula is C19H20N4O3S. The second-order valence-corrected chi connectivity index (χ2v) is 7.47. The van der Waals surface area contributed by atoms with Crippen molar-refractivity contribution < 1.29 is 14.4 Å². The van der Waals surface area contributed by atoms with Gasteiger partial charge in [0, 0.05) is 50.7 Å². The zero-order valence-corrected chi connectivity index (χ0v) is 15.7. The summed E-state index contributed by atoms with van der Waals surface area (Å²) >= 11 is 1.60. The standard InChI is InChI=1S/C19H20N4O3S/c24-16(21-9-11-22(12-10-21)19-20-7-13-27-19)6-3-8-23-17(25)14-4-1-2-5-15(14)18(23)26/h1-2,4-5,7,13H,3,6,8-12H2. The van der Waals surface area contributed by atoms with Crippen molar-refractivity contribution in [1.82, 2.24) is 14.8 Å². The molecule has 0 atom stereocenters. The molecule has 0 N–H and O–H groups in total. The molecule has 27 heavy (non-hydrogen) atoms. The van der Waals surface area contributed by atoms with Gasteiger partial charge in [0.15, 0.2) is 5.13 Å². The average Bonchev–Trinajstić information content (AvgIpc) is 3.32. The number of piperazine rings is 1. The Bertz CT molecular complexity index is 825. The van der Waals surface area contributed by atoms with Gasteiger partial charge in [0.25, 0.3) is 11.8 Å². The largest absolute Gasteiger partial charge is 0.345 e. The summed E-state index contributed by atoms with van der Waals surface area (Å²) in [5.41, 5.74) is 0.902. The summed E-state index contributed by atoms with van der Waals surface area (Å²) < 4.78 is 0. The molecule has 3 heterocycles. The third kappa shape index (κ3) is 3.44. The van der Waals surface area contributed by atoms with Crippen molar-refractivity contribution in [3.63, 3.8) is 0 Å². The first-order valence-electron chi connectivity index (χ1n) is 9.02. The molecule has 0 unspecified atom stereocenters. The van der Waals surface area contributed by atoms with Crippen molar-refractivity contribution in [3.05, 3.63) is 47.0 Å². The number of hydrogen-bond acceptors (Lipinski definition) is 6. The van der Waals surface area contributed by atoms with Crippen molar-refractivity contribution >= 4 is 34.2 Å². The van der Waals surface area contributed by atoms with Crippen LogP contribution in [-0.2, 0) is 4.79 Å². The van der Waals surface area contributed by atoms with E-state index in [4.69, 9.17) is 0 Å². The highest BCUT2D eigenvalue weighted by Gasteiger charge is 2.34. The van der Waals surface area contributed by atoms with Gasteiger partial charge in [0.05, 0.1) is 11.1 Å². The van der Waals surface area contributed by atoms with Gasteiger partial charge in [-0.1, -0.05) is 12.1 Å². The lowest BCUT2D eigenvalue weighted by molar-refractivity contribution is -0.131. The Morgan fingerprint density at radius 1 is 1.04 bits per heavy atom. The van der Waals surface area contributed by atoms with Crippen LogP contribution in [0, 0.1) is 0 Å². The number of nitrogens with zero attached hydrogens (tertiary/aromatic N) is 4. The van der Waals surface area contributed by atoms with Gasteiger partial charge in [-0.2, -0.15) is 0 Å². The normalized spacial score (nSPS) is 16.8. The third-order valence-corrected chi connectivity index (χ3v) is 5.80. The van der Waals surface area contributed by atoms with E-state index in [1.165, 1.54) is 4.90 Å². The molecule has 140 valence electrons. The fraction of sp³-hybridized carbons (Fsp3) is 0.368. The molecule has 1 saturated heterocycles. The van der Waals surface area contributed by atoms with Gasteiger partial charge in [0.2, 0.25) is 5.91 Å². The average molecular weight is 384 g/mol. The molecule has 1 aromatic carbocycles. The van der Waals surface area contributed by atoms with E-state index in [2.05, 4.69) is 9.88 Å². The second kappa shape index (κ2) is 7.48. The van der Waals surface area contributed by atoms with E-state index in [9.17, 15) is 14.4 Å². The number of anilines is 1. The lowest BCUT2D eigenvalue weighted by Gasteiger charge is -2.34. The molecule has 7 nitrogen and oxygen atoms in total. The van der Waals surface area contributed by atoms with Crippen LogP contribution < -0.4 is 4.90 Å². The van der Waals surface area contributed by atoms with E-state index in [-0.39, 0.29) is 24.3 Å². The van der Waals surface area contributed by atoms with Crippen molar-refractivity contribution in [2.75, 3.05) is 37.6 Å². The highest BCUT2D eigenvalue weighted by Crippen LogP contribution is 2.23. The lowest BCUT2D eigenvalue weighted by Crippen LogP contribution is -2.48. The number of aromatic nitrogens is 1. The Morgan fingerprint density at radius 2 is 1.70 bits per heavy atom. The minimum Gasteiger partial charge on any atom is -0.345 e. The predicted octanol–water partition coefficient (Wildman–Crippen LogP) is 1.87. The van der Waals surface area contributed by atoms with Crippen molar-refractivity contribution in [2.24, 2.45) is 0 Å². The minimum absolute atomic E-state index is 0.0744. The summed E-state index contributed by atoms with van der Waals surface area (Å²) in [5, 5.41) is 2.94. The van der Waals surface area contributed by atoms with Crippen LogP contribution in [0.3, 0.4) is 0 Å². The molecule has 0 saturated carbocycles. The first kappa shape index (κ1) is 17.7. The highest BCUT2D eigenvalue weighted by atomic mass is 32.1. The van der Waals surface area contributed by atoms with Gasteiger partial charge in [-0.15, -0.1) is 11.3 Å². The van der Waals surface area contributed by atoms with Crippen LogP contribution >= 0.6 is 11.3 Å². The molecular weight excluding hydrogens is 364 g/mol. The topological polar surface area (TPSA) is 73.8 Å². The molecule has 4 rings (SSSR count). The fourth-order valence-corrected chi connectivity index (χ4v) is 4.20. The number of rotatable bonds is 5. The maximum Gasteiger partial charge on any atom is 0.261 e. The van der Waals surface area contributed by atoms with Gasteiger partial charge < -0.3 is 9.80 Å². The van der Waals surface area contributed by atoms with E-state index in [1.807, 2.05) is 10.3 Å². The van der Waals surface area contributed by atoms with Crippen LogP contribution in [0.4, 0.5) is 5.13 Å². The van der Waals surface area contributed by atoms with Crippen LogP contribution in [0.15, 0.2) is 35.8 Å². The Morgan fingerprint density at radius 3 is 2.30 bits per heavy atom. The van der Waals surface area contributed by atoms with Gasteiger partial charge >= 0.3 is 0 Å². The van der Waals surface area contributed by atoms with Crippen LogP contribution in [0.25, 0.3) is 0 Å². The first-order valence-corrected chi connectivity index (χ1v) is 9.90. The third-order valence-electron chi connectivity index (χ3n) is 4.97. The second-order valence-electron chi connectivity index (χ2n) is 6.59. The fourth-order valence-electron chi connectivity index (χ4n) is 3.51. The van der Waals surface area contributed by atoms with E-state index >= 15 is 0 Å².